The molecule has 0 aliphatic heterocycles. The van der Waals surface area contributed by atoms with Gasteiger partial charge >= 0.3 is 0 Å². The minimum atomic E-state index is -0.0998. The zero-order valence-electron chi connectivity index (χ0n) is 14.5. The van der Waals surface area contributed by atoms with Crippen LogP contribution in [0.1, 0.15) is 26.7 Å². The van der Waals surface area contributed by atoms with E-state index in [1.807, 2.05) is 31.2 Å². The van der Waals surface area contributed by atoms with E-state index in [2.05, 4.69) is 0 Å². The van der Waals surface area contributed by atoms with Crippen molar-refractivity contribution in [3.05, 3.63) is 70.3 Å². The Morgan fingerprint density at radius 2 is 1.42 bits per heavy atom. The van der Waals surface area contributed by atoms with Crippen molar-refractivity contribution in [1.82, 2.24) is 0 Å². The number of ketones is 2. The molecule has 0 amide bonds. The van der Waals surface area contributed by atoms with E-state index >= 15 is 0 Å². The van der Waals surface area contributed by atoms with Crippen LogP contribution in [0.25, 0.3) is 0 Å². The first-order chi connectivity index (χ1) is 11.5. The summed E-state index contributed by atoms with van der Waals surface area (Å²) >= 11 is 0. The Bertz CT molecular complexity index is 740. The minimum Gasteiger partial charge on any atom is -0.493 e. The second-order valence-electron chi connectivity index (χ2n) is 5.66. The van der Waals surface area contributed by atoms with Gasteiger partial charge in [0, 0.05) is 11.1 Å². The van der Waals surface area contributed by atoms with Crippen molar-refractivity contribution in [2.45, 2.75) is 26.7 Å². The van der Waals surface area contributed by atoms with E-state index < -0.39 is 0 Å². The number of allylic oxidation sites excluding steroid dienone is 10. The molecule has 0 unspecified atom stereocenters. The van der Waals surface area contributed by atoms with Crippen LogP contribution in [-0.4, -0.2) is 25.8 Å². The Kier molecular flexibility index (Phi) is 5.74. The summed E-state index contributed by atoms with van der Waals surface area (Å²) in [4.78, 5) is 24.0. The molecule has 0 bridgehead atoms. The Hall–Kier alpha value is -2.62. The Labute approximate surface area is 142 Å². The maximum absolute atomic E-state index is 12.2. The normalized spacial score (nSPS) is 21.3. The van der Waals surface area contributed by atoms with Gasteiger partial charge in [-0.15, -0.1) is 0 Å². The van der Waals surface area contributed by atoms with E-state index in [0.717, 1.165) is 23.1 Å². The van der Waals surface area contributed by atoms with Crippen LogP contribution in [0.3, 0.4) is 0 Å². The van der Waals surface area contributed by atoms with Gasteiger partial charge in [-0.25, -0.2) is 0 Å². The molecule has 0 saturated carbocycles. The van der Waals surface area contributed by atoms with Crippen LogP contribution in [0.4, 0.5) is 0 Å². The summed E-state index contributed by atoms with van der Waals surface area (Å²) in [7, 11) is 2.99. The highest BCUT2D eigenvalue weighted by atomic mass is 16.5. The molecule has 0 spiro atoms. The molecule has 2 rings (SSSR count). The van der Waals surface area contributed by atoms with E-state index in [0.29, 0.717) is 23.5 Å². The van der Waals surface area contributed by atoms with Gasteiger partial charge in [-0.2, -0.15) is 0 Å². The molecule has 0 heterocycles. The van der Waals surface area contributed by atoms with Gasteiger partial charge in [-0.1, -0.05) is 25.5 Å². The summed E-state index contributed by atoms with van der Waals surface area (Å²) in [6, 6.07) is 0. The molecule has 24 heavy (non-hydrogen) atoms. The highest BCUT2D eigenvalue weighted by molar-refractivity contribution is 6.09. The Morgan fingerprint density at radius 1 is 0.875 bits per heavy atom. The molecule has 2 aliphatic carbocycles. The Balaban J connectivity index is 2.36. The van der Waals surface area contributed by atoms with Crippen molar-refractivity contribution >= 4 is 11.6 Å². The van der Waals surface area contributed by atoms with Gasteiger partial charge in [0.15, 0.2) is 11.5 Å². The molecular weight excluding hydrogens is 304 g/mol. The topological polar surface area (TPSA) is 52.6 Å². The number of ether oxygens (including phenoxy) is 2. The number of methoxy groups -OCH3 is 2. The fraction of sp³-hybridized carbons (Fsp3) is 0.300. The summed E-state index contributed by atoms with van der Waals surface area (Å²) in [5, 5.41) is 0. The van der Waals surface area contributed by atoms with Gasteiger partial charge in [0.2, 0.25) is 11.6 Å². The summed E-state index contributed by atoms with van der Waals surface area (Å²) < 4.78 is 10.3. The van der Waals surface area contributed by atoms with Crippen LogP contribution in [-0.2, 0) is 19.1 Å². The molecule has 2 aliphatic rings. The molecule has 0 aromatic rings. The zero-order valence-corrected chi connectivity index (χ0v) is 14.5. The van der Waals surface area contributed by atoms with Crippen molar-refractivity contribution in [2.24, 2.45) is 0 Å². The second-order valence-corrected chi connectivity index (χ2v) is 5.66. The van der Waals surface area contributed by atoms with Crippen LogP contribution >= 0.6 is 0 Å². The monoisotopic (exact) mass is 326 g/mol. The van der Waals surface area contributed by atoms with E-state index in [-0.39, 0.29) is 11.6 Å². The molecule has 0 saturated heterocycles. The lowest BCUT2D eigenvalue weighted by molar-refractivity contribution is -0.115. The largest absolute Gasteiger partial charge is 0.493 e. The van der Waals surface area contributed by atoms with E-state index in [1.54, 1.807) is 19.1 Å². The minimum absolute atomic E-state index is 0.0512. The molecule has 126 valence electrons. The fourth-order valence-electron chi connectivity index (χ4n) is 2.60. The lowest BCUT2D eigenvalue weighted by atomic mass is 9.94. The predicted molar refractivity (Wildman–Crippen MR) is 93.1 cm³/mol. The molecule has 4 heteroatoms. The second kappa shape index (κ2) is 7.77. The molecule has 4 nitrogen and oxygen atoms in total. The van der Waals surface area contributed by atoms with Crippen molar-refractivity contribution in [3.63, 3.8) is 0 Å². The van der Waals surface area contributed by atoms with Gasteiger partial charge < -0.3 is 9.47 Å². The van der Waals surface area contributed by atoms with Crippen molar-refractivity contribution in [2.75, 3.05) is 14.2 Å². The fourth-order valence-corrected chi connectivity index (χ4v) is 2.60. The lowest BCUT2D eigenvalue weighted by Gasteiger charge is -2.14. The number of carbonyl (C=O) groups excluding carboxylic acids is 2. The van der Waals surface area contributed by atoms with E-state index in [4.69, 9.17) is 9.47 Å². The van der Waals surface area contributed by atoms with Gasteiger partial charge in [-0.05, 0) is 48.8 Å². The summed E-state index contributed by atoms with van der Waals surface area (Å²) in [6.45, 7) is 3.80. The Morgan fingerprint density at radius 3 is 1.96 bits per heavy atom. The summed E-state index contributed by atoms with van der Waals surface area (Å²) in [5.74, 6) is 0.528. The third-order valence-electron chi connectivity index (χ3n) is 3.84. The quantitative estimate of drug-likeness (QED) is 0.772. The predicted octanol–water partition coefficient (Wildman–Crippen LogP) is 3.74. The van der Waals surface area contributed by atoms with Crippen molar-refractivity contribution in [1.29, 1.82) is 0 Å². The van der Waals surface area contributed by atoms with E-state index in [9.17, 15) is 9.59 Å². The summed E-state index contributed by atoms with van der Waals surface area (Å²) in [6.07, 6.45) is 12.5. The van der Waals surface area contributed by atoms with Gasteiger partial charge in [-0.3, -0.25) is 9.59 Å². The number of carbonyl (C=O) groups is 2. The SMILES string of the molecule is CCCC1=C/C(=C/C=C2\C=C(C)C(=O)C(OC)=C2)C=C(OC)C1=O. The van der Waals surface area contributed by atoms with Crippen LogP contribution in [0.5, 0.6) is 0 Å². The average molecular weight is 326 g/mol. The smallest absolute Gasteiger partial charge is 0.223 e. The average Bonchev–Trinajstić information content (AvgIpc) is 2.58. The third-order valence-corrected chi connectivity index (χ3v) is 3.84. The molecule has 0 radical (unpaired) electrons. The first kappa shape index (κ1) is 17.7. The number of hydrogen-bond acceptors (Lipinski definition) is 4. The number of rotatable bonds is 5. The van der Waals surface area contributed by atoms with Crippen LogP contribution in [0.2, 0.25) is 0 Å². The summed E-state index contributed by atoms with van der Waals surface area (Å²) in [5.41, 5.74) is 3.14. The molecule has 0 aromatic carbocycles. The van der Waals surface area contributed by atoms with Crippen LogP contribution in [0, 0.1) is 0 Å². The zero-order chi connectivity index (χ0) is 17.7. The number of Topliss-reactive ketones (excluding diaryl/α,β-unsaturated/α-hetero) is 2. The molecular formula is C20H22O4. The first-order valence-corrected chi connectivity index (χ1v) is 7.91. The first-order valence-electron chi connectivity index (χ1n) is 7.91. The lowest BCUT2D eigenvalue weighted by Crippen LogP contribution is -2.12. The molecule has 0 fully saturated rings. The molecule has 0 aromatic heterocycles. The van der Waals surface area contributed by atoms with Crippen molar-refractivity contribution < 1.29 is 19.1 Å². The van der Waals surface area contributed by atoms with Crippen molar-refractivity contribution in [3.8, 4) is 0 Å². The standard InChI is InChI=1S/C20H22O4/c1-5-6-16-10-15(12-18(24-4)20(16)22)8-7-14-9-13(2)19(21)17(11-14)23-3/h7-12H,5-6H2,1-4H3/b14-7+,15-8-. The highest BCUT2D eigenvalue weighted by Crippen LogP contribution is 2.24. The molecule has 0 N–H and O–H groups in total. The highest BCUT2D eigenvalue weighted by Gasteiger charge is 2.20. The number of hydrogen-bond donors (Lipinski definition) is 0. The third kappa shape index (κ3) is 3.82. The van der Waals surface area contributed by atoms with Gasteiger partial charge in [0.25, 0.3) is 0 Å². The maximum Gasteiger partial charge on any atom is 0.223 e. The van der Waals surface area contributed by atoms with Gasteiger partial charge in [0.05, 0.1) is 14.2 Å². The molecule has 0 atom stereocenters. The maximum atomic E-state index is 12.2. The van der Waals surface area contributed by atoms with Crippen LogP contribution in [0.15, 0.2) is 70.3 Å². The van der Waals surface area contributed by atoms with Gasteiger partial charge in [0.1, 0.15) is 0 Å². The van der Waals surface area contributed by atoms with Crippen LogP contribution < -0.4 is 0 Å². The van der Waals surface area contributed by atoms with E-state index in [1.165, 1.54) is 14.2 Å².